The first-order chi connectivity index (χ1) is 8.87. The lowest BCUT2D eigenvalue weighted by atomic mass is 10.0. The molecular weight excluding hydrogens is 263 g/mol. The molecule has 1 heterocycles. The first kappa shape index (κ1) is 14.8. The van der Waals surface area contributed by atoms with Crippen molar-refractivity contribution >= 4 is 11.6 Å². The Hall–Kier alpha value is -0.640. The van der Waals surface area contributed by atoms with Gasteiger partial charge in [-0.3, -0.25) is 4.90 Å². The van der Waals surface area contributed by atoms with E-state index in [1.165, 1.54) is 6.07 Å². The van der Waals surface area contributed by atoms with Gasteiger partial charge in [0.05, 0.1) is 0 Å². The summed E-state index contributed by atoms with van der Waals surface area (Å²) < 4.78 is 13.8. The van der Waals surface area contributed by atoms with E-state index in [9.17, 15) is 4.39 Å². The third-order valence-electron chi connectivity index (χ3n) is 3.77. The van der Waals surface area contributed by atoms with Gasteiger partial charge >= 0.3 is 0 Å². The van der Waals surface area contributed by atoms with Crippen molar-refractivity contribution in [3.8, 4) is 0 Å². The molecule has 1 aromatic carbocycles. The summed E-state index contributed by atoms with van der Waals surface area (Å²) in [6.45, 7) is 9.09. The molecule has 1 saturated heterocycles. The van der Waals surface area contributed by atoms with Crippen LogP contribution in [0.15, 0.2) is 18.2 Å². The zero-order chi connectivity index (χ0) is 14.0. The van der Waals surface area contributed by atoms with E-state index in [0.717, 1.165) is 19.5 Å². The average Bonchev–Trinajstić information content (AvgIpc) is 2.43. The minimum Gasteiger partial charge on any atom is -0.310 e. The van der Waals surface area contributed by atoms with Gasteiger partial charge in [0, 0.05) is 35.3 Å². The maximum Gasteiger partial charge on any atom is 0.127 e. The van der Waals surface area contributed by atoms with Crippen molar-refractivity contribution in [1.29, 1.82) is 0 Å². The predicted molar refractivity (Wildman–Crippen MR) is 78.0 cm³/mol. The summed E-state index contributed by atoms with van der Waals surface area (Å²) in [5, 5.41) is 4.13. The molecule has 0 spiro atoms. The smallest absolute Gasteiger partial charge is 0.127 e. The molecule has 0 amide bonds. The maximum absolute atomic E-state index is 13.8. The van der Waals surface area contributed by atoms with Gasteiger partial charge in [-0.25, -0.2) is 4.39 Å². The second-order valence-electron chi connectivity index (χ2n) is 6.09. The Bertz CT molecular complexity index is 448. The van der Waals surface area contributed by atoms with E-state index < -0.39 is 0 Å². The molecule has 2 rings (SSSR count). The van der Waals surface area contributed by atoms with Crippen molar-refractivity contribution in [2.75, 3.05) is 13.1 Å². The minimum absolute atomic E-state index is 0.0554. The number of nitrogens with one attached hydrogen (secondary N) is 1. The summed E-state index contributed by atoms with van der Waals surface area (Å²) >= 11 is 5.96. The van der Waals surface area contributed by atoms with Crippen molar-refractivity contribution in [2.24, 2.45) is 0 Å². The van der Waals surface area contributed by atoms with Crippen molar-refractivity contribution < 1.29 is 4.39 Å². The molecule has 2 nitrogen and oxygen atoms in total. The summed E-state index contributed by atoms with van der Waals surface area (Å²) in [6, 6.07) is 5.21. The van der Waals surface area contributed by atoms with E-state index in [1.807, 2.05) is 0 Å². The average molecular weight is 285 g/mol. The van der Waals surface area contributed by atoms with E-state index >= 15 is 0 Å². The maximum atomic E-state index is 13.8. The molecular formula is C15H22ClFN2. The largest absolute Gasteiger partial charge is 0.310 e. The molecule has 19 heavy (non-hydrogen) atoms. The second kappa shape index (κ2) is 5.78. The van der Waals surface area contributed by atoms with Crippen LogP contribution >= 0.6 is 11.6 Å². The SMILES string of the molecule is CC1CCNC(C)(C)CN1Cc1cc(Cl)ccc1F. The number of hydrogen-bond acceptors (Lipinski definition) is 2. The van der Waals surface area contributed by atoms with Crippen LogP contribution in [0.3, 0.4) is 0 Å². The Morgan fingerprint density at radius 1 is 1.47 bits per heavy atom. The van der Waals surface area contributed by atoms with Crippen molar-refractivity contribution in [2.45, 2.75) is 45.3 Å². The van der Waals surface area contributed by atoms with Gasteiger partial charge in [0.2, 0.25) is 0 Å². The van der Waals surface area contributed by atoms with Crippen molar-refractivity contribution in [1.82, 2.24) is 10.2 Å². The first-order valence-electron chi connectivity index (χ1n) is 6.80. The van der Waals surface area contributed by atoms with Gasteiger partial charge in [-0.1, -0.05) is 11.6 Å². The highest BCUT2D eigenvalue weighted by molar-refractivity contribution is 6.30. The molecule has 1 aromatic rings. The molecule has 0 aromatic heterocycles. The highest BCUT2D eigenvalue weighted by Crippen LogP contribution is 2.21. The molecule has 0 saturated carbocycles. The van der Waals surface area contributed by atoms with Gasteiger partial charge in [-0.2, -0.15) is 0 Å². The number of benzene rings is 1. The summed E-state index contributed by atoms with van der Waals surface area (Å²) in [4.78, 5) is 2.33. The van der Waals surface area contributed by atoms with Crippen LogP contribution in [0.5, 0.6) is 0 Å². The standard InChI is InChI=1S/C15H22ClFN2/c1-11-6-7-18-15(2,3)10-19(11)9-12-8-13(16)4-5-14(12)17/h4-5,8,11,18H,6-7,9-10H2,1-3H3. The Kier molecular flexibility index (Phi) is 4.49. The van der Waals surface area contributed by atoms with Gasteiger partial charge in [-0.05, 0) is 51.9 Å². The highest BCUT2D eigenvalue weighted by atomic mass is 35.5. The Labute approximate surface area is 119 Å². The fourth-order valence-corrected chi connectivity index (χ4v) is 2.81. The van der Waals surface area contributed by atoms with Crippen molar-refractivity contribution in [3.63, 3.8) is 0 Å². The molecule has 0 bridgehead atoms. The molecule has 0 radical (unpaired) electrons. The van der Waals surface area contributed by atoms with Crippen LogP contribution in [-0.4, -0.2) is 29.6 Å². The Balaban J connectivity index is 2.17. The number of halogens is 2. The molecule has 1 unspecified atom stereocenters. The molecule has 4 heteroatoms. The molecule has 1 atom stereocenters. The van der Waals surface area contributed by atoms with E-state index in [2.05, 4.69) is 31.0 Å². The molecule has 106 valence electrons. The molecule has 1 aliphatic heterocycles. The van der Waals surface area contributed by atoms with E-state index in [-0.39, 0.29) is 11.4 Å². The third kappa shape index (κ3) is 3.91. The van der Waals surface area contributed by atoms with Gasteiger partial charge < -0.3 is 5.32 Å². The lowest BCUT2D eigenvalue weighted by Crippen LogP contribution is -2.47. The van der Waals surface area contributed by atoms with Crippen LogP contribution in [0.4, 0.5) is 4.39 Å². The molecule has 1 fully saturated rings. The number of nitrogens with zero attached hydrogens (tertiary/aromatic N) is 1. The van der Waals surface area contributed by atoms with E-state index in [0.29, 0.717) is 23.2 Å². The lowest BCUT2D eigenvalue weighted by molar-refractivity contribution is 0.171. The van der Waals surface area contributed by atoms with Crippen LogP contribution in [0.2, 0.25) is 5.02 Å². The van der Waals surface area contributed by atoms with Crippen molar-refractivity contribution in [3.05, 3.63) is 34.6 Å². The second-order valence-corrected chi connectivity index (χ2v) is 6.53. The fraction of sp³-hybridized carbons (Fsp3) is 0.600. The monoisotopic (exact) mass is 284 g/mol. The fourth-order valence-electron chi connectivity index (χ4n) is 2.62. The van der Waals surface area contributed by atoms with E-state index in [1.54, 1.807) is 12.1 Å². The molecule has 1 aliphatic rings. The van der Waals surface area contributed by atoms with Gasteiger partial charge in [-0.15, -0.1) is 0 Å². The summed E-state index contributed by atoms with van der Waals surface area (Å²) in [5.74, 6) is -0.174. The summed E-state index contributed by atoms with van der Waals surface area (Å²) in [6.07, 6.45) is 1.08. The van der Waals surface area contributed by atoms with Crippen LogP contribution in [-0.2, 0) is 6.54 Å². The van der Waals surface area contributed by atoms with Crippen LogP contribution in [0.1, 0.15) is 32.8 Å². The topological polar surface area (TPSA) is 15.3 Å². The molecule has 1 N–H and O–H groups in total. The lowest BCUT2D eigenvalue weighted by Gasteiger charge is -2.33. The first-order valence-corrected chi connectivity index (χ1v) is 7.18. The molecule has 0 aliphatic carbocycles. The summed E-state index contributed by atoms with van der Waals surface area (Å²) in [5.41, 5.74) is 0.733. The van der Waals surface area contributed by atoms with E-state index in [4.69, 9.17) is 11.6 Å². The minimum atomic E-state index is -0.174. The third-order valence-corrected chi connectivity index (χ3v) is 4.00. The summed E-state index contributed by atoms with van der Waals surface area (Å²) in [7, 11) is 0. The Morgan fingerprint density at radius 2 is 2.21 bits per heavy atom. The zero-order valence-electron chi connectivity index (χ0n) is 11.8. The van der Waals surface area contributed by atoms with Crippen LogP contribution < -0.4 is 5.32 Å². The zero-order valence-corrected chi connectivity index (χ0v) is 12.6. The predicted octanol–water partition coefficient (Wildman–Crippen LogP) is 3.44. The van der Waals surface area contributed by atoms with Crippen LogP contribution in [0.25, 0.3) is 0 Å². The quantitative estimate of drug-likeness (QED) is 0.895. The van der Waals surface area contributed by atoms with Gasteiger partial charge in [0.1, 0.15) is 5.82 Å². The number of rotatable bonds is 2. The van der Waals surface area contributed by atoms with Gasteiger partial charge in [0.15, 0.2) is 0 Å². The van der Waals surface area contributed by atoms with Gasteiger partial charge in [0.25, 0.3) is 0 Å². The Morgan fingerprint density at radius 3 is 2.95 bits per heavy atom. The van der Waals surface area contributed by atoms with Crippen LogP contribution in [0, 0.1) is 5.82 Å². The normalized spacial score (nSPS) is 24.2. The number of hydrogen-bond donors (Lipinski definition) is 1. The highest BCUT2D eigenvalue weighted by Gasteiger charge is 2.28.